The van der Waals surface area contributed by atoms with Crippen LogP contribution in [0.3, 0.4) is 0 Å². The van der Waals surface area contributed by atoms with Gasteiger partial charge in [0.2, 0.25) is 5.91 Å². The van der Waals surface area contributed by atoms with Gasteiger partial charge in [0.25, 0.3) is 0 Å². The molecular weight excluding hydrogens is 326 g/mol. The number of hydrogen-bond donors (Lipinski definition) is 1. The van der Waals surface area contributed by atoms with Crippen molar-refractivity contribution >= 4 is 27.5 Å². The molecular formula is C18H28BrNO. The first-order valence-corrected chi connectivity index (χ1v) is 9.27. The molecule has 0 saturated heterocycles. The quantitative estimate of drug-likeness (QED) is 0.393. The summed E-state index contributed by atoms with van der Waals surface area (Å²) in [5.41, 5.74) is 2.06. The molecule has 118 valence electrons. The SMILES string of the molecule is Cc1ccccc1NC(=O)CCCCCCCCCCBr. The maximum Gasteiger partial charge on any atom is 0.224 e. The number of unbranched alkanes of at least 4 members (excludes halogenated alkanes) is 7. The first-order valence-electron chi connectivity index (χ1n) is 8.15. The van der Waals surface area contributed by atoms with Crippen molar-refractivity contribution in [1.82, 2.24) is 0 Å². The minimum atomic E-state index is 0.140. The average Bonchev–Trinajstić information content (AvgIpc) is 2.48. The van der Waals surface area contributed by atoms with Crippen molar-refractivity contribution < 1.29 is 4.79 Å². The largest absolute Gasteiger partial charge is 0.326 e. The molecule has 2 nitrogen and oxygen atoms in total. The number of para-hydroxylation sites is 1. The van der Waals surface area contributed by atoms with Crippen molar-refractivity contribution in [2.75, 3.05) is 10.6 Å². The first kappa shape index (κ1) is 18.2. The normalized spacial score (nSPS) is 10.6. The van der Waals surface area contributed by atoms with Crippen molar-refractivity contribution in [3.63, 3.8) is 0 Å². The van der Waals surface area contributed by atoms with E-state index in [1.807, 2.05) is 31.2 Å². The van der Waals surface area contributed by atoms with Crippen LogP contribution >= 0.6 is 15.9 Å². The molecule has 0 heterocycles. The van der Waals surface area contributed by atoms with Gasteiger partial charge >= 0.3 is 0 Å². The first-order chi connectivity index (χ1) is 10.2. The summed E-state index contributed by atoms with van der Waals surface area (Å²) in [5, 5.41) is 4.12. The third kappa shape index (κ3) is 8.92. The summed E-state index contributed by atoms with van der Waals surface area (Å²) in [4.78, 5) is 11.9. The number of alkyl halides is 1. The van der Waals surface area contributed by atoms with E-state index in [0.717, 1.165) is 23.0 Å². The standard InChI is InChI=1S/C18H28BrNO/c1-16-12-9-10-13-17(16)20-18(21)14-8-6-4-2-3-5-7-11-15-19/h9-10,12-13H,2-8,11,14-15H2,1H3,(H,20,21). The predicted octanol–water partition coefficient (Wildman–Crippen LogP) is 5.84. The van der Waals surface area contributed by atoms with Gasteiger partial charge in [-0.25, -0.2) is 0 Å². The van der Waals surface area contributed by atoms with Crippen molar-refractivity contribution in [3.05, 3.63) is 29.8 Å². The second-order valence-corrected chi connectivity index (χ2v) is 6.42. The van der Waals surface area contributed by atoms with Crippen LogP contribution in [0.15, 0.2) is 24.3 Å². The zero-order chi connectivity index (χ0) is 15.3. The number of hydrogen-bond acceptors (Lipinski definition) is 1. The van der Waals surface area contributed by atoms with Crippen molar-refractivity contribution in [1.29, 1.82) is 0 Å². The number of aryl methyl sites for hydroxylation is 1. The van der Waals surface area contributed by atoms with Crippen molar-refractivity contribution in [2.45, 2.75) is 64.7 Å². The van der Waals surface area contributed by atoms with E-state index in [1.165, 1.54) is 44.9 Å². The topological polar surface area (TPSA) is 29.1 Å². The fraction of sp³-hybridized carbons (Fsp3) is 0.611. The summed E-state index contributed by atoms with van der Waals surface area (Å²) in [7, 11) is 0. The van der Waals surface area contributed by atoms with Gasteiger partial charge in [-0.1, -0.05) is 72.7 Å². The van der Waals surface area contributed by atoms with E-state index >= 15 is 0 Å². The highest BCUT2D eigenvalue weighted by Gasteiger charge is 2.03. The summed E-state index contributed by atoms with van der Waals surface area (Å²) in [6, 6.07) is 7.92. The summed E-state index contributed by atoms with van der Waals surface area (Å²) in [6.07, 6.45) is 10.7. The molecule has 0 aliphatic carbocycles. The lowest BCUT2D eigenvalue weighted by molar-refractivity contribution is -0.116. The van der Waals surface area contributed by atoms with Gasteiger partial charge in [0.05, 0.1) is 0 Å². The molecule has 1 N–H and O–H groups in total. The molecule has 0 fully saturated rings. The molecule has 21 heavy (non-hydrogen) atoms. The van der Waals surface area contributed by atoms with Crippen LogP contribution in [0.2, 0.25) is 0 Å². The molecule has 3 heteroatoms. The molecule has 0 saturated carbocycles. The Hall–Kier alpha value is -0.830. The number of carbonyl (C=O) groups excluding carboxylic acids is 1. The van der Waals surface area contributed by atoms with E-state index in [0.29, 0.717) is 6.42 Å². The van der Waals surface area contributed by atoms with Gasteiger partial charge < -0.3 is 5.32 Å². The fourth-order valence-corrected chi connectivity index (χ4v) is 2.76. The molecule has 0 atom stereocenters. The highest BCUT2D eigenvalue weighted by atomic mass is 79.9. The zero-order valence-corrected chi connectivity index (χ0v) is 14.8. The third-order valence-corrected chi connectivity index (χ3v) is 4.27. The molecule has 0 spiro atoms. The Morgan fingerprint density at radius 2 is 1.52 bits per heavy atom. The maximum atomic E-state index is 11.9. The number of amides is 1. The van der Waals surface area contributed by atoms with Crippen LogP contribution in [0.25, 0.3) is 0 Å². The number of anilines is 1. The van der Waals surface area contributed by atoms with Gasteiger partial charge in [-0.3, -0.25) is 4.79 Å². The Balaban J connectivity index is 2.00. The van der Waals surface area contributed by atoms with Crippen molar-refractivity contribution in [2.24, 2.45) is 0 Å². The van der Waals surface area contributed by atoms with E-state index in [9.17, 15) is 4.79 Å². The van der Waals surface area contributed by atoms with E-state index in [1.54, 1.807) is 0 Å². The van der Waals surface area contributed by atoms with Gasteiger partial charge in [0.1, 0.15) is 0 Å². The lowest BCUT2D eigenvalue weighted by Crippen LogP contribution is -2.11. The number of carbonyl (C=O) groups is 1. The highest BCUT2D eigenvalue weighted by molar-refractivity contribution is 9.09. The lowest BCUT2D eigenvalue weighted by Gasteiger charge is -2.07. The molecule has 0 aliphatic heterocycles. The minimum Gasteiger partial charge on any atom is -0.326 e. The molecule has 1 aromatic carbocycles. The van der Waals surface area contributed by atoms with Gasteiger partial charge in [0.15, 0.2) is 0 Å². The van der Waals surface area contributed by atoms with Gasteiger partial charge in [-0.05, 0) is 31.4 Å². The minimum absolute atomic E-state index is 0.140. The summed E-state index contributed by atoms with van der Waals surface area (Å²) >= 11 is 3.46. The summed E-state index contributed by atoms with van der Waals surface area (Å²) in [6.45, 7) is 2.02. The van der Waals surface area contributed by atoms with E-state index in [2.05, 4.69) is 21.2 Å². The van der Waals surface area contributed by atoms with Crippen LogP contribution in [0.4, 0.5) is 5.69 Å². The van der Waals surface area contributed by atoms with Gasteiger partial charge in [-0.2, -0.15) is 0 Å². The van der Waals surface area contributed by atoms with Crippen LogP contribution in [0.1, 0.15) is 63.4 Å². The second kappa shape index (κ2) is 11.8. The van der Waals surface area contributed by atoms with Crippen LogP contribution in [0, 0.1) is 6.92 Å². The number of nitrogens with one attached hydrogen (secondary N) is 1. The lowest BCUT2D eigenvalue weighted by atomic mass is 10.1. The zero-order valence-electron chi connectivity index (χ0n) is 13.2. The van der Waals surface area contributed by atoms with Crippen LogP contribution in [-0.4, -0.2) is 11.2 Å². The van der Waals surface area contributed by atoms with E-state index in [4.69, 9.17) is 0 Å². The Kier molecular flexibility index (Phi) is 10.2. The molecule has 0 bridgehead atoms. The van der Waals surface area contributed by atoms with Gasteiger partial charge in [0, 0.05) is 17.4 Å². The molecule has 1 amide bonds. The van der Waals surface area contributed by atoms with E-state index < -0.39 is 0 Å². The van der Waals surface area contributed by atoms with Crippen LogP contribution in [0.5, 0.6) is 0 Å². The fourth-order valence-electron chi connectivity index (χ4n) is 2.37. The molecule has 1 rings (SSSR count). The number of rotatable bonds is 11. The Morgan fingerprint density at radius 3 is 2.14 bits per heavy atom. The summed E-state index contributed by atoms with van der Waals surface area (Å²) in [5.74, 6) is 0.140. The van der Waals surface area contributed by atoms with Crippen LogP contribution < -0.4 is 5.32 Å². The van der Waals surface area contributed by atoms with Crippen molar-refractivity contribution in [3.8, 4) is 0 Å². The smallest absolute Gasteiger partial charge is 0.224 e. The van der Waals surface area contributed by atoms with Crippen LogP contribution in [-0.2, 0) is 4.79 Å². The Morgan fingerprint density at radius 1 is 0.952 bits per heavy atom. The number of benzene rings is 1. The average molecular weight is 354 g/mol. The third-order valence-electron chi connectivity index (χ3n) is 3.71. The van der Waals surface area contributed by atoms with E-state index in [-0.39, 0.29) is 5.91 Å². The molecule has 1 aromatic rings. The van der Waals surface area contributed by atoms with Gasteiger partial charge in [-0.15, -0.1) is 0 Å². The Bertz CT molecular complexity index is 406. The highest BCUT2D eigenvalue weighted by Crippen LogP contribution is 2.14. The second-order valence-electron chi connectivity index (χ2n) is 5.63. The number of halogens is 1. The maximum absolute atomic E-state index is 11.9. The summed E-state index contributed by atoms with van der Waals surface area (Å²) < 4.78 is 0. The molecule has 0 unspecified atom stereocenters. The Labute approximate surface area is 137 Å². The predicted molar refractivity (Wildman–Crippen MR) is 95.2 cm³/mol. The molecule has 0 radical (unpaired) electrons. The molecule has 0 aromatic heterocycles. The molecule has 0 aliphatic rings. The monoisotopic (exact) mass is 353 g/mol.